The lowest BCUT2D eigenvalue weighted by Crippen LogP contribution is -2.07. The summed E-state index contributed by atoms with van der Waals surface area (Å²) in [7, 11) is 1.69. The van der Waals surface area contributed by atoms with Crippen molar-refractivity contribution in [3.05, 3.63) is 16.1 Å². The number of nitrogens with two attached hydrogens (primary N) is 1. The first-order valence-corrected chi connectivity index (χ1v) is 8.19. The fraction of sp³-hybridized carbons (Fsp3) is 0.583. The zero-order valence-corrected chi connectivity index (χ0v) is 13.7. The van der Waals surface area contributed by atoms with Crippen molar-refractivity contribution in [2.45, 2.75) is 43.8 Å². The van der Waals surface area contributed by atoms with Gasteiger partial charge in [-0.15, -0.1) is 21.5 Å². The van der Waals surface area contributed by atoms with Crippen molar-refractivity contribution in [1.82, 2.24) is 19.7 Å². The second kappa shape index (κ2) is 6.55. The highest BCUT2D eigenvalue weighted by molar-refractivity contribution is 7.98. The molecule has 2 N–H and O–H groups in total. The molecule has 8 heteroatoms. The molecule has 0 radical (unpaired) electrons. The SMILES string of the molecule is COC(C)c1nc(CSc2nnc(N)n2C(C)C)cs1. The van der Waals surface area contributed by atoms with Gasteiger partial charge in [0.1, 0.15) is 11.1 Å². The van der Waals surface area contributed by atoms with E-state index in [1.807, 2.05) is 11.5 Å². The average Bonchev–Trinajstić information content (AvgIpc) is 3.02. The van der Waals surface area contributed by atoms with Gasteiger partial charge in [-0.25, -0.2) is 4.98 Å². The van der Waals surface area contributed by atoms with Crippen molar-refractivity contribution >= 4 is 29.0 Å². The van der Waals surface area contributed by atoms with Crippen LogP contribution in [0.2, 0.25) is 0 Å². The highest BCUT2D eigenvalue weighted by Gasteiger charge is 2.14. The Morgan fingerprint density at radius 3 is 2.80 bits per heavy atom. The molecule has 0 saturated heterocycles. The zero-order chi connectivity index (χ0) is 14.7. The number of nitrogen functional groups attached to an aromatic ring is 1. The van der Waals surface area contributed by atoms with Gasteiger partial charge in [0.25, 0.3) is 0 Å². The molecule has 0 amide bonds. The molecule has 2 aromatic heterocycles. The Morgan fingerprint density at radius 1 is 1.40 bits per heavy atom. The summed E-state index contributed by atoms with van der Waals surface area (Å²) in [6, 6.07) is 0.243. The van der Waals surface area contributed by atoms with Gasteiger partial charge in [-0.3, -0.25) is 4.57 Å². The predicted molar refractivity (Wildman–Crippen MR) is 81.9 cm³/mol. The van der Waals surface area contributed by atoms with E-state index in [-0.39, 0.29) is 12.1 Å². The maximum Gasteiger partial charge on any atom is 0.222 e. The van der Waals surface area contributed by atoms with Crippen LogP contribution in [0.5, 0.6) is 0 Å². The van der Waals surface area contributed by atoms with Gasteiger partial charge in [-0.05, 0) is 20.8 Å². The molecule has 1 atom stereocenters. The monoisotopic (exact) mass is 313 g/mol. The van der Waals surface area contributed by atoms with Crippen molar-refractivity contribution in [3.8, 4) is 0 Å². The quantitative estimate of drug-likeness (QED) is 0.826. The highest BCUT2D eigenvalue weighted by Crippen LogP contribution is 2.27. The Labute approximate surface area is 126 Å². The third-order valence-corrected chi connectivity index (χ3v) is 4.86. The number of rotatable bonds is 6. The molecule has 2 aromatic rings. The van der Waals surface area contributed by atoms with Gasteiger partial charge in [-0.1, -0.05) is 11.8 Å². The Kier molecular flexibility index (Phi) is 5.00. The van der Waals surface area contributed by atoms with Crippen LogP contribution in [-0.4, -0.2) is 26.9 Å². The largest absolute Gasteiger partial charge is 0.375 e. The topological polar surface area (TPSA) is 78.8 Å². The summed E-state index contributed by atoms with van der Waals surface area (Å²) < 4.78 is 7.19. The summed E-state index contributed by atoms with van der Waals surface area (Å²) in [5.41, 5.74) is 6.84. The number of nitrogens with zero attached hydrogens (tertiary/aromatic N) is 4. The van der Waals surface area contributed by atoms with Gasteiger partial charge in [0.2, 0.25) is 5.95 Å². The minimum Gasteiger partial charge on any atom is -0.375 e. The first-order chi connectivity index (χ1) is 9.52. The van der Waals surface area contributed by atoms with E-state index in [1.54, 1.807) is 30.2 Å². The minimum absolute atomic E-state index is 0.0358. The van der Waals surface area contributed by atoms with Crippen LogP contribution in [-0.2, 0) is 10.5 Å². The van der Waals surface area contributed by atoms with E-state index in [0.29, 0.717) is 5.95 Å². The number of anilines is 1. The Morgan fingerprint density at radius 2 is 2.15 bits per heavy atom. The maximum absolute atomic E-state index is 5.82. The number of methoxy groups -OCH3 is 1. The minimum atomic E-state index is 0.0358. The third-order valence-electron chi connectivity index (χ3n) is 2.83. The summed E-state index contributed by atoms with van der Waals surface area (Å²) in [6.07, 6.45) is 0.0358. The van der Waals surface area contributed by atoms with Crippen molar-refractivity contribution in [2.75, 3.05) is 12.8 Å². The van der Waals surface area contributed by atoms with E-state index in [9.17, 15) is 0 Å². The molecule has 0 aromatic carbocycles. The molecule has 0 bridgehead atoms. The van der Waals surface area contributed by atoms with Crippen molar-refractivity contribution in [3.63, 3.8) is 0 Å². The second-order valence-corrected chi connectivity index (χ2v) is 6.48. The smallest absolute Gasteiger partial charge is 0.222 e. The molecule has 1 unspecified atom stereocenters. The average molecular weight is 313 g/mol. The van der Waals surface area contributed by atoms with Gasteiger partial charge >= 0.3 is 0 Å². The number of hydrogen-bond donors (Lipinski definition) is 1. The molecular formula is C12H19N5OS2. The summed E-state index contributed by atoms with van der Waals surface area (Å²) >= 11 is 3.21. The summed E-state index contributed by atoms with van der Waals surface area (Å²) in [5.74, 6) is 1.20. The Bertz CT molecular complexity index is 566. The normalized spacial score (nSPS) is 13.1. The van der Waals surface area contributed by atoms with Gasteiger partial charge < -0.3 is 10.5 Å². The Hall–Kier alpha value is -1.12. The van der Waals surface area contributed by atoms with E-state index in [4.69, 9.17) is 10.5 Å². The van der Waals surface area contributed by atoms with E-state index in [2.05, 4.69) is 34.4 Å². The molecule has 2 heterocycles. The third kappa shape index (κ3) is 3.31. The van der Waals surface area contributed by atoms with Crippen LogP contribution < -0.4 is 5.73 Å². The summed E-state index contributed by atoms with van der Waals surface area (Å²) in [6.45, 7) is 6.11. The highest BCUT2D eigenvalue weighted by atomic mass is 32.2. The van der Waals surface area contributed by atoms with Crippen LogP contribution in [0.4, 0.5) is 5.95 Å². The van der Waals surface area contributed by atoms with Gasteiger partial charge in [0, 0.05) is 24.3 Å². The molecule has 0 spiro atoms. The number of hydrogen-bond acceptors (Lipinski definition) is 7. The van der Waals surface area contributed by atoms with E-state index < -0.39 is 0 Å². The first-order valence-electron chi connectivity index (χ1n) is 6.33. The van der Waals surface area contributed by atoms with Crippen LogP contribution in [0.1, 0.15) is 43.6 Å². The van der Waals surface area contributed by atoms with Crippen molar-refractivity contribution in [1.29, 1.82) is 0 Å². The fourth-order valence-electron chi connectivity index (χ4n) is 1.69. The van der Waals surface area contributed by atoms with Crippen LogP contribution in [0.15, 0.2) is 10.5 Å². The Balaban J connectivity index is 2.04. The van der Waals surface area contributed by atoms with Crippen LogP contribution in [0, 0.1) is 0 Å². The maximum atomic E-state index is 5.82. The molecule has 0 aliphatic carbocycles. The van der Waals surface area contributed by atoms with Crippen LogP contribution in [0.25, 0.3) is 0 Å². The van der Waals surface area contributed by atoms with E-state index in [1.165, 1.54) is 0 Å². The summed E-state index contributed by atoms with van der Waals surface area (Å²) in [5, 5.41) is 11.9. The lowest BCUT2D eigenvalue weighted by molar-refractivity contribution is 0.119. The second-order valence-electron chi connectivity index (χ2n) is 4.65. The lowest BCUT2D eigenvalue weighted by atomic mass is 10.4. The number of thiazole rings is 1. The number of aromatic nitrogens is 4. The standard InChI is InChI=1S/C12H19N5OS2/c1-7(2)17-11(13)15-16-12(17)20-6-9-5-19-10(14-9)8(3)18-4/h5,7-8H,6H2,1-4H3,(H2,13,15). The number of thioether (sulfide) groups is 1. The lowest BCUT2D eigenvalue weighted by Gasteiger charge is -2.10. The van der Waals surface area contributed by atoms with Crippen LogP contribution >= 0.6 is 23.1 Å². The fourth-order valence-corrected chi connectivity index (χ4v) is 3.61. The van der Waals surface area contributed by atoms with E-state index in [0.717, 1.165) is 21.6 Å². The first kappa shape index (κ1) is 15.3. The van der Waals surface area contributed by atoms with Crippen molar-refractivity contribution in [2.24, 2.45) is 0 Å². The van der Waals surface area contributed by atoms with Gasteiger partial charge in [0.15, 0.2) is 5.16 Å². The van der Waals surface area contributed by atoms with Crippen LogP contribution in [0.3, 0.4) is 0 Å². The molecule has 2 rings (SSSR count). The molecule has 6 nitrogen and oxygen atoms in total. The van der Waals surface area contributed by atoms with Crippen molar-refractivity contribution < 1.29 is 4.74 Å². The molecule has 0 aliphatic rings. The van der Waals surface area contributed by atoms with Gasteiger partial charge in [-0.2, -0.15) is 0 Å². The molecular weight excluding hydrogens is 294 g/mol. The molecule has 0 fully saturated rings. The molecule has 0 saturated carbocycles. The molecule has 110 valence electrons. The molecule has 20 heavy (non-hydrogen) atoms. The predicted octanol–water partition coefficient (Wildman–Crippen LogP) is 2.90. The number of ether oxygens (including phenoxy) is 1. The summed E-state index contributed by atoms with van der Waals surface area (Å²) in [4.78, 5) is 4.56. The zero-order valence-electron chi connectivity index (χ0n) is 12.0. The van der Waals surface area contributed by atoms with Gasteiger partial charge in [0.05, 0.1) is 5.69 Å². The molecule has 0 aliphatic heterocycles. The van der Waals surface area contributed by atoms with E-state index >= 15 is 0 Å².